The van der Waals surface area contributed by atoms with Gasteiger partial charge in [0.2, 0.25) is 0 Å². The van der Waals surface area contributed by atoms with Crippen molar-refractivity contribution in [1.29, 1.82) is 0 Å². The molecule has 1 aromatic rings. The van der Waals surface area contributed by atoms with E-state index in [0.29, 0.717) is 19.8 Å². The highest BCUT2D eigenvalue weighted by molar-refractivity contribution is 5.46. The zero-order chi connectivity index (χ0) is 12.7. The number of ether oxygens (including phenoxy) is 3. The molecule has 2 N–H and O–H groups in total. The molecule has 0 aromatic heterocycles. The zero-order valence-corrected chi connectivity index (χ0v) is 10.7. The summed E-state index contributed by atoms with van der Waals surface area (Å²) < 4.78 is 16.2. The van der Waals surface area contributed by atoms with E-state index in [4.69, 9.17) is 19.9 Å². The van der Waals surface area contributed by atoms with Gasteiger partial charge < -0.3 is 19.9 Å². The predicted octanol–water partition coefficient (Wildman–Crippen LogP) is 2.13. The second-order valence-electron chi connectivity index (χ2n) is 3.71. The van der Waals surface area contributed by atoms with Crippen LogP contribution < -0.4 is 15.2 Å². The second-order valence-corrected chi connectivity index (χ2v) is 3.71. The van der Waals surface area contributed by atoms with E-state index in [2.05, 4.69) is 0 Å². The van der Waals surface area contributed by atoms with Crippen molar-refractivity contribution in [3.63, 3.8) is 0 Å². The summed E-state index contributed by atoms with van der Waals surface area (Å²) >= 11 is 0. The average molecular weight is 239 g/mol. The van der Waals surface area contributed by atoms with Crippen LogP contribution in [0.15, 0.2) is 18.2 Å². The second kappa shape index (κ2) is 7.14. The van der Waals surface area contributed by atoms with Crippen molar-refractivity contribution in [1.82, 2.24) is 0 Å². The highest BCUT2D eigenvalue weighted by Gasteiger charge is 2.13. The molecule has 0 aliphatic heterocycles. The molecule has 0 heterocycles. The van der Waals surface area contributed by atoms with Crippen LogP contribution in [0, 0.1) is 0 Å². The van der Waals surface area contributed by atoms with Gasteiger partial charge in [-0.1, -0.05) is 6.07 Å². The van der Waals surface area contributed by atoms with E-state index in [0.717, 1.165) is 17.1 Å². The summed E-state index contributed by atoms with van der Waals surface area (Å²) in [6, 6.07) is 5.54. The van der Waals surface area contributed by atoms with Gasteiger partial charge in [-0.15, -0.1) is 0 Å². The molecular weight excluding hydrogens is 218 g/mol. The summed E-state index contributed by atoms with van der Waals surface area (Å²) in [7, 11) is 1.63. The number of nitrogens with two attached hydrogens (primary N) is 1. The van der Waals surface area contributed by atoms with Crippen molar-refractivity contribution in [3.05, 3.63) is 23.8 Å². The van der Waals surface area contributed by atoms with E-state index in [9.17, 15) is 0 Å². The summed E-state index contributed by atoms with van der Waals surface area (Å²) in [5, 5.41) is 0. The minimum Gasteiger partial charge on any atom is -0.496 e. The standard InChI is InChI=1S/C13H21NO3/c1-4-16-8-9-17-12-7-5-6-11(15-3)13(12)10(2)14/h5-7,10H,4,8-9,14H2,1-3H3/t10-/m1/s1. The molecule has 0 radical (unpaired) electrons. The van der Waals surface area contributed by atoms with E-state index < -0.39 is 0 Å². The monoisotopic (exact) mass is 239 g/mol. The first-order valence-corrected chi connectivity index (χ1v) is 5.83. The van der Waals surface area contributed by atoms with Crippen LogP contribution in [0.25, 0.3) is 0 Å². The Morgan fingerprint density at radius 3 is 2.53 bits per heavy atom. The van der Waals surface area contributed by atoms with Crippen LogP contribution in [-0.2, 0) is 4.74 Å². The van der Waals surface area contributed by atoms with E-state index in [1.54, 1.807) is 7.11 Å². The van der Waals surface area contributed by atoms with Gasteiger partial charge in [-0.25, -0.2) is 0 Å². The number of rotatable bonds is 7. The lowest BCUT2D eigenvalue weighted by atomic mass is 10.1. The maximum atomic E-state index is 5.93. The normalized spacial score (nSPS) is 12.2. The van der Waals surface area contributed by atoms with Crippen LogP contribution in [0.2, 0.25) is 0 Å². The molecule has 17 heavy (non-hydrogen) atoms. The van der Waals surface area contributed by atoms with Crippen LogP contribution in [0.1, 0.15) is 25.5 Å². The summed E-state index contributed by atoms with van der Waals surface area (Å²) in [5.41, 5.74) is 6.82. The minimum atomic E-state index is -0.131. The maximum Gasteiger partial charge on any atom is 0.127 e. The van der Waals surface area contributed by atoms with Crippen LogP contribution in [-0.4, -0.2) is 26.9 Å². The minimum absolute atomic E-state index is 0.131. The number of methoxy groups -OCH3 is 1. The van der Waals surface area contributed by atoms with E-state index >= 15 is 0 Å². The van der Waals surface area contributed by atoms with Crippen molar-refractivity contribution in [2.75, 3.05) is 26.9 Å². The SMILES string of the molecule is CCOCCOc1cccc(OC)c1[C@@H](C)N. The average Bonchev–Trinajstić information content (AvgIpc) is 2.33. The Morgan fingerprint density at radius 1 is 1.24 bits per heavy atom. The van der Waals surface area contributed by atoms with Gasteiger partial charge >= 0.3 is 0 Å². The number of hydrogen-bond donors (Lipinski definition) is 1. The molecule has 4 heteroatoms. The Morgan fingerprint density at radius 2 is 1.94 bits per heavy atom. The Balaban J connectivity index is 2.76. The molecule has 1 atom stereocenters. The first-order valence-electron chi connectivity index (χ1n) is 5.83. The highest BCUT2D eigenvalue weighted by atomic mass is 16.5. The molecule has 0 unspecified atom stereocenters. The van der Waals surface area contributed by atoms with Crippen molar-refractivity contribution < 1.29 is 14.2 Å². The summed E-state index contributed by atoms with van der Waals surface area (Å²) in [6.07, 6.45) is 0. The molecule has 1 aromatic carbocycles. The molecule has 0 aliphatic carbocycles. The molecule has 4 nitrogen and oxygen atoms in total. The van der Waals surface area contributed by atoms with Gasteiger partial charge in [-0.3, -0.25) is 0 Å². The third kappa shape index (κ3) is 3.91. The predicted molar refractivity (Wildman–Crippen MR) is 67.6 cm³/mol. The summed E-state index contributed by atoms with van der Waals surface area (Å²) in [4.78, 5) is 0. The lowest BCUT2D eigenvalue weighted by Crippen LogP contribution is -2.12. The van der Waals surface area contributed by atoms with Crippen molar-refractivity contribution >= 4 is 0 Å². The lowest BCUT2D eigenvalue weighted by Gasteiger charge is -2.17. The van der Waals surface area contributed by atoms with Crippen LogP contribution >= 0.6 is 0 Å². The molecule has 0 spiro atoms. The molecule has 96 valence electrons. The van der Waals surface area contributed by atoms with E-state index in [1.165, 1.54) is 0 Å². The van der Waals surface area contributed by atoms with Gasteiger partial charge in [0.25, 0.3) is 0 Å². The van der Waals surface area contributed by atoms with Gasteiger partial charge in [-0.2, -0.15) is 0 Å². The van der Waals surface area contributed by atoms with Gasteiger partial charge in [0, 0.05) is 12.6 Å². The molecule has 0 bridgehead atoms. The molecule has 0 saturated carbocycles. The van der Waals surface area contributed by atoms with Crippen molar-refractivity contribution in [2.24, 2.45) is 5.73 Å². The third-order valence-electron chi connectivity index (χ3n) is 2.39. The van der Waals surface area contributed by atoms with Crippen LogP contribution in [0.5, 0.6) is 11.5 Å². The van der Waals surface area contributed by atoms with Crippen molar-refractivity contribution in [3.8, 4) is 11.5 Å². The fourth-order valence-electron chi connectivity index (χ4n) is 1.63. The quantitative estimate of drug-likeness (QED) is 0.741. The molecule has 0 saturated heterocycles. The van der Waals surface area contributed by atoms with Crippen LogP contribution in [0.4, 0.5) is 0 Å². The first-order chi connectivity index (χ1) is 8.20. The topological polar surface area (TPSA) is 53.7 Å². The van der Waals surface area contributed by atoms with E-state index in [1.807, 2.05) is 32.0 Å². The Kier molecular flexibility index (Phi) is 5.80. The fraction of sp³-hybridized carbons (Fsp3) is 0.538. The lowest BCUT2D eigenvalue weighted by molar-refractivity contribution is 0.109. The van der Waals surface area contributed by atoms with Gasteiger partial charge in [-0.05, 0) is 26.0 Å². The third-order valence-corrected chi connectivity index (χ3v) is 2.39. The smallest absolute Gasteiger partial charge is 0.127 e. The Hall–Kier alpha value is -1.26. The summed E-state index contributed by atoms with van der Waals surface area (Å²) in [5.74, 6) is 1.52. The molecule has 1 rings (SSSR count). The van der Waals surface area contributed by atoms with Crippen LogP contribution in [0.3, 0.4) is 0 Å². The van der Waals surface area contributed by atoms with E-state index in [-0.39, 0.29) is 6.04 Å². The largest absolute Gasteiger partial charge is 0.496 e. The highest BCUT2D eigenvalue weighted by Crippen LogP contribution is 2.32. The molecule has 0 aliphatic rings. The van der Waals surface area contributed by atoms with Gasteiger partial charge in [0.15, 0.2) is 0 Å². The molecule has 0 amide bonds. The maximum absolute atomic E-state index is 5.93. The number of hydrogen-bond acceptors (Lipinski definition) is 4. The van der Waals surface area contributed by atoms with Gasteiger partial charge in [0.1, 0.15) is 18.1 Å². The Bertz CT molecular complexity index is 339. The molecule has 0 fully saturated rings. The number of benzene rings is 1. The summed E-state index contributed by atoms with van der Waals surface area (Å²) in [6.45, 7) is 5.65. The first kappa shape index (κ1) is 13.8. The zero-order valence-electron chi connectivity index (χ0n) is 10.7. The molecular formula is C13H21NO3. The Labute approximate surface area is 103 Å². The van der Waals surface area contributed by atoms with Crippen molar-refractivity contribution in [2.45, 2.75) is 19.9 Å². The fourth-order valence-corrected chi connectivity index (χ4v) is 1.63. The van der Waals surface area contributed by atoms with Gasteiger partial charge in [0.05, 0.1) is 19.3 Å².